The second kappa shape index (κ2) is 7.61. The van der Waals surface area contributed by atoms with E-state index in [0.29, 0.717) is 0 Å². The largest absolute Gasteiger partial charge is 0.497 e. The van der Waals surface area contributed by atoms with Gasteiger partial charge < -0.3 is 10.5 Å². The van der Waals surface area contributed by atoms with Crippen LogP contribution in [0.25, 0.3) is 6.20 Å². The van der Waals surface area contributed by atoms with Crippen LogP contribution in [-0.2, 0) is 6.42 Å². The van der Waals surface area contributed by atoms with Crippen molar-refractivity contribution in [3.05, 3.63) is 58.3 Å². The van der Waals surface area contributed by atoms with Crippen LogP contribution in [0.15, 0.2) is 47.1 Å². The highest BCUT2D eigenvalue weighted by atomic mass is 79.9. The molecule has 1 aromatic carbocycles. The molecule has 0 saturated heterocycles. The summed E-state index contributed by atoms with van der Waals surface area (Å²) in [6, 6.07) is 11.9. The van der Waals surface area contributed by atoms with Crippen molar-refractivity contribution >= 4 is 43.7 Å². The van der Waals surface area contributed by atoms with Gasteiger partial charge in [0, 0.05) is 11.4 Å². The molecule has 2 N–H and O–H groups in total. The number of methoxy groups -OCH3 is 1. The fraction of sp³-hybridized carbons (Fsp3) is 0.188. The number of nitrogen functional groups attached to an aromatic ring is 1. The summed E-state index contributed by atoms with van der Waals surface area (Å²) >= 11 is 6.94. The van der Waals surface area contributed by atoms with Crippen LogP contribution >= 0.6 is 31.9 Å². The number of ether oxygens (including phenoxy) is 1. The average molecular weight is 413 g/mol. The molecule has 110 valence electrons. The first kappa shape index (κ1) is 16.0. The van der Waals surface area contributed by atoms with E-state index in [-0.39, 0.29) is 0 Å². The highest BCUT2D eigenvalue weighted by molar-refractivity contribution is 9.13. The quantitative estimate of drug-likeness (QED) is 0.600. The number of allylic oxidation sites excluding steroid dienone is 1. The van der Waals surface area contributed by atoms with Gasteiger partial charge in [-0.1, -0.05) is 28.1 Å². The van der Waals surface area contributed by atoms with Gasteiger partial charge in [0.05, 0.1) is 18.0 Å². The number of anilines is 1. The first-order chi connectivity index (χ1) is 10.1. The van der Waals surface area contributed by atoms with E-state index < -0.39 is 0 Å². The van der Waals surface area contributed by atoms with Crippen LogP contribution in [-0.4, -0.2) is 12.4 Å². The first-order valence-electron chi connectivity index (χ1n) is 6.47. The van der Waals surface area contributed by atoms with E-state index in [1.165, 1.54) is 5.56 Å². The summed E-state index contributed by atoms with van der Waals surface area (Å²) in [7, 11) is 1.67. The molecule has 5 heteroatoms. The molecule has 0 spiro atoms. The molecule has 0 amide bonds. The molecule has 1 aromatic heterocycles. The number of hydrogen-bond donors (Lipinski definition) is 1. The number of aromatic nitrogens is 1. The minimum atomic E-state index is 0.760. The normalized spacial score (nSPS) is 11.5. The lowest BCUT2D eigenvalue weighted by Gasteiger charge is -2.05. The summed E-state index contributed by atoms with van der Waals surface area (Å²) in [6.45, 7) is 0. The van der Waals surface area contributed by atoms with Gasteiger partial charge in [-0.05, 0) is 39.7 Å². The molecule has 0 radical (unpaired) electrons. The summed E-state index contributed by atoms with van der Waals surface area (Å²) in [6.07, 6.45) is 4.78. The predicted octanol–water partition coefficient (Wildman–Crippen LogP) is 3.74. The van der Waals surface area contributed by atoms with Crippen LogP contribution in [0, 0.1) is 0 Å². The maximum Gasteiger partial charge on any atom is 0.214 e. The monoisotopic (exact) mass is 411 g/mol. The molecular formula is C16H17Br2N2O+. The van der Waals surface area contributed by atoms with Gasteiger partial charge in [-0.25, -0.2) is 0 Å². The van der Waals surface area contributed by atoms with Gasteiger partial charge in [-0.15, -0.1) is 0 Å². The fourth-order valence-electron chi connectivity index (χ4n) is 2.01. The first-order valence-corrected chi connectivity index (χ1v) is 8.39. The van der Waals surface area contributed by atoms with Crippen LogP contribution in [0.1, 0.15) is 11.3 Å². The van der Waals surface area contributed by atoms with Gasteiger partial charge in [-0.2, -0.15) is 4.57 Å². The third-order valence-electron chi connectivity index (χ3n) is 3.10. The number of nitrogens with two attached hydrogens (primary N) is 1. The molecule has 0 aliphatic rings. The Morgan fingerprint density at radius 2 is 2.00 bits per heavy atom. The third-order valence-corrected chi connectivity index (χ3v) is 4.95. The molecule has 3 nitrogen and oxygen atoms in total. The SMILES string of the molecule is COc1ccc(Cc2c(N)ccc[n+]2C=C(Br)CBr)cc1. The molecule has 0 aliphatic heterocycles. The van der Waals surface area contributed by atoms with Crippen molar-refractivity contribution < 1.29 is 9.30 Å². The Bertz CT molecular complexity index is 639. The van der Waals surface area contributed by atoms with E-state index in [1.54, 1.807) is 7.11 Å². The maximum atomic E-state index is 6.14. The zero-order chi connectivity index (χ0) is 15.2. The van der Waals surface area contributed by atoms with Crippen molar-refractivity contribution in [2.45, 2.75) is 6.42 Å². The zero-order valence-corrected chi connectivity index (χ0v) is 14.9. The van der Waals surface area contributed by atoms with Crippen LogP contribution in [0.4, 0.5) is 5.69 Å². The van der Waals surface area contributed by atoms with E-state index in [4.69, 9.17) is 10.5 Å². The summed E-state index contributed by atoms with van der Waals surface area (Å²) in [5, 5.41) is 0.761. The number of hydrogen-bond acceptors (Lipinski definition) is 2. The van der Waals surface area contributed by atoms with E-state index >= 15 is 0 Å². The molecule has 2 rings (SSSR count). The number of rotatable bonds is 5. The minimum absolute atomic E-state index is 0.760. The lowest BCUT2D eigenvalue weighted by Crippen LogP contribution is -2.33. The Kier molecular flexibility index (Phi) is 5.82. The van der Waals surface area contributed by atoms with Crippen molar-refractivity contribution in [2.75, 3.05) is 18.2 Å². The van der Waals surface area contributed by atoms with E-state index in [1.807, 2.05) is 41.2 Å². The molecule has 21 heavy (non-hydrogen) atoms. The third kappa shape index (κ3) is 4.32. The Hall–Kier alpha value is -1.33. The summed E-state index contributed by atoms with van der Waals surface area (Å²) in [4.78, 5) is 0. The standard InChI is InChI=1S/C16H17Br2N2O/c1-21-14-6-4-12(5-7-14)9-16-15(19)3-2-8-20(16)11-13(18)10-17/h2-8,11H,9-10,19H2,1H3/q+1. The maximum absolute atomic E-state index is 6.14. The zero-order valence-electron chi connectivity index (χ0n) is 11.7. The predicted molar refractivity (Wildman–Crippen MR) is 93.8 cm³/mol. The van der Waals surface area contributed by atoms with Crippen molar-refractivity contribution in [3.63, 3.8) is 0 Å². The number of nitrogens with zero attached hydrogens (tertiary/aromatic N) is 1. The van der Waals surface area contributed by atoms with Crippen molar-refractivity contribution in [1.82, 2.24) is 0 Å². The average Bonchev–Trinajstić information content (AvgIpc) is 2.51. The smallest absolute Gasteiger partial charge is 0.214 e. The molecular weight excluding hydrogens is 396 g/mol. The lowest BCUT2D eigenvalue weighted by atomic mass is 10.1. The molecule has 1 heterocycles. The van der Waals surface area contributed by atoms with Gasteiger partial charge in [0.1, 0.15) is 11.4 Å². The minimum Gasteiger partial charge on any atom is -0.497 e. The second-order valence-corrected chi connectivity index (χ2v) is 6.13. The second-order valence-electron chi connectivity index (χ2n) is 4.55. The Labute approximate surface area is 141 Å². The van der Waals surface area contributed by atoms with Crippen LogP contribution in [0.2, 0.25) is 0 Å². The lowest BCUT2D eigenvalue weighted by molar-refractivity contribution is -0.576. The van der Waals surface area contributed by atoms with Crippen molar-refractivity contribution in [1.29, 1.82) is 0 Å². The number of benzene rings is 1. The van der Waals surface area contributed by atoms with Crippen LogP contribution < -0.4 is 15.0 Å². The Morgan fingerprint density at radius 1 is 1.29 bits per heavy atom. The van der Waals surface area contributed by atoms with E-state index in [2.05, 4.69) is 44.0 Å². The van der Waals surface area contributed by atoms with Crippen LogP contribution in [0.3, 0.4) is 0 Å². The fourth-order valence-corrected chi connectivity index (χ4v) is 2.38. The molecule has 0 atom stereocenters. The van der Waals surface area contributed by atoms with E-state index in [9.17, 15) is 0 Å². The molecule has 2 aromatic rings. The van der Waals surface area contributed by atoms with Gasteiger partial charge in [0.2, 0.25) is 5.69 Å². The van der Waals surface area contributed by atoms with Gasteiger partial charge >= 0.3 is 0 Å². The van der Waals surface area contributed by atoms with Crippen molar-refractivity contribution in [2.24, 2.45) is 0 Å². The Balaban J connectivity index is 2.33. The molecule has 0 unspecified atom stereocenters. The molecule has 0 saturated carbocycles. The summed E-state index contributed by atoms with van der Waals surface area (Å²) in [5.41, 5.74) is 9.16. The number of pyridine rings is 1. The van der Waals surface area contributed by atoms with Gasteiger partial charge in [-0.3, -0.25) is 0 Å². The van der Waals surface area contributed by atoms with E-state index in [0.717, 1.165) is 33.4 Å². The highest BCUT2D eigenvalue weighted by Gasteiger charge is 2.14. The highest BCUT2D eigenvalue weighted by Crippen LogP contribution is 2.17. The molecule has 0 bridgehead atoms. The summed E-state index contributed by atoms with van der Waals surface area (Å²) in [5.74, 6) is 0.856. The summed E-state index contributed by atoms with van der Waals surface area (Å²) < 4.78 is 8.28. The van der Waals surface area contributed by atoms with Crippen molar-refractivity contribution in [3.8, 4) is 5.75 Å². The molecule has 0 aliphatic carbocycles. The number of alkyl halides is 1. The topological polar surface area (TPSA) is 39.1 Å². The Morgan fingerprint density at radius 3 is 2.62 bits per heavy atom. The number of halogens is 2. The molecule has 0 fully saturated rings. The van der Waals surface area contributed by atoms with Crippen LogP contribution in [0.5, 0.6) is 5.75 Å². The van der Waals surface area contributed by atoms with Gasteiger partial charge in [0.25, 0.3) is 0 Å². The van der Waals surface area contributed by atoms with Gasteiger partial charge in [0.15, 0.2) is 12.4 Å².